The molecule has 0 radical (unpaired) electrons. The molecule has 2 rings (SSSR count). The van der Waals surface area contributed by atoms with Crippen molar-refractivity contribution >= 4 is 26.4 Å². The molecule has 0 bridgehead atoms. The van der Waals surface area contributed by atoms with Crippen LogP contribution in [0.15, 0.2) is 18.2 Å². The van der Waals surface area contributed by atoms with Crippen LogP contribution in [0.5, 0.6) is 0 Å². The molecule has 1 heterocycles. The summed E-state index contributed by atoms with van der Waals surface area (Å²) in [7, 11) is 0. The van der Waals surface area contributed by atoms with Gasteiger partial charge in [-0.2, -0.15) is 0 Å². The zero-order valence-corrected chi connectivity index (χ0v) is 8.10. The average molecular weight is 211 g/mol. The van der Waals surface area contributed by atoms with Crippen LogP contribution in [-0.2, 0) is 0 Å². The Bertz CT molecular complexity index is 482. The number of halogens is 1. The Balaban J connectivity index is 2.82. The molecule has 0 aliphatic heterocycles. The molecule has 0 unspecified atom stereocenters. The van der Waals surface area contributed by atoms with Gasteiger partial charge in [0.25, 0.3) is 0 Å². The maximum absolute atomic E-state index is 13.2. The fourth-order valence-corrected chi connectivity index (χ4v) is 2.26. The van der Waals surface area contributed by atoms with Crippen molar-refractivity contribution in [3.05, 3.63) is 39.7 Å². The van der Waals surface area contributed by atoms with Crippen LogP contribution < -0.4 is 0 Å². The van der Waals surface area contributed by atoms with E-state index >= 15 is 0 Å². The molecule has 0 N–H and O–H groups in total. The number of nitro groups is 1. The Morgan fingerprint density at radius 2 is 2.21 bits per heavy atom. The Morgan fingerprint density at radius 3 is 2.79 bits per heavy atom. The van der Waals surface area contributed by atoms with Gasteiger partial charge in [-0.05, 0) is 18.6 Å². The minimum Gasteiger partial charge on any atom is -0.258 e. The van der Waals surface area contributed by atoms with Crippen LogP contribution in [0.1, 0.15) is 5.56 Å². The number of aryl methyl sites for hydroxylation is 1. The van der Waals surface area contributed by atoms with Gasteiger partial charge in [0.2, 0.25) is 0 Å². The Labute approximate surface area is 82.9 Å². The average Bonchev–Trinajstić information content (AvgIpc) is 2.57. The molecule has 5 heteroatoms. The van der Waals surface area contributed by atoms with Gasteiger partial charge in [0.15, 0.2) is 0 Å². The number of benzene rings is 1. The molecule has 0 amide bonds. The lowest BCUT2D eigenvalue weighted by molar-refractivity contribution is -0.380. The lowest BCUT2D eigenvalue weighted by atomic mass is 10.1. The first-order valence-corrected chi connectivity index (χ1v) is 4.74. The molecule has 0 aliphatic rings. The largest absolute Gasteiger partial charge is 0.325 e. The highest BCUT2D eigenvalue weighted by molar-refractivity contribution is 7.22. The van der Waals surface area contributed by atoms with E-state index in [1.807, 2.05) is 0 Å². The van der Waals surface area contributed by atoms with E-state index in [1.54, 1.807) is 13.0 Å². The molecule has 2 aromatic rings. The highest BCUT2D eigenvalue weighted by atomic mass is 32.1. The van der Waals surface area contributed by atoms with Gasteiger partial charge in [0.1, 0.15) is 5.82 Å². The molecule has 0 saturated carbocycles. The maximum atomic E-state index is 13.2. The van der Waals surface area contributed by atoms with Gasteiger partial charge >= 0.3 is 5.00 Å². The molecule has 0 spiro atoms. The number of rotatable bonds is 1. The third-order valence-corrected chi connectivity index (χ3v) is 3.12. The number of fused-ring (bicyclic) bond motifs is 1. The molecule has 3 nitrogen and oxygen atoms in total. The monoisotopic (exact) mass is 211 g/mol. The summed E-state index contributed by atoms with van der Waals surface area (Å²) in [6, 6.07) is 4.37. The van der Waals surface area contributed by atoms with Crippen LogP contribution in [-0.4, -0.2) is 4.92 Å². The minimum atomic E-state index is -0.496. The summed E-state index contributed by atoms with van der Waals surface area (Å²) >= 11 is 0.872. The molecule has 14 heavy (non-hydrogen) atoms. The van der Waals surface area contributed by atoms with Crippen LogP contribution >= 0.6 is 11.3 Å². The van der Waals surface area contributed by atoms with E-state index in [9.17, 15) is 14.5 Å². The van der Waals surface area contributed by atoms with Gasteiger partial charge in [-0.3, -0.25) is 10.1 Å². The van der Waals surface area contributed by atoms with E-state index in [2.05, 4.69) is 0 Å². The summed E-state index contributed by atoms with van der Waals surface area (Å²) in [4.78, 5) is 9.99. The number of nitrogens with zero attached hydrogens (tertiary/aromatic N) is 1. The fourth-order valence-electron chi connectivity index (χ4n) is 1.30. The number of hydrogen-bond donors (Lipinski definition) is 0. The summed E-state index contributed by atoms with van der Waals surface area (Å²) in [6.45, 7) is 1.80. The lowest BCUT2D eigenvalue weighted by Gasteiger charge is -1.94. The molecule has 72 valence electrons. The highest BCUT2D eigenvalue weighted by Crippen LogP contribution is 2.34. The molecule has 1 aromatic carbocycles. The maximum Gasteiger partial charge on any atom is 0.325 e. The zero-order chi connectivity index (χ0) is 10.3. The second-order valence-electron chi connectivity index (χ2n) is 2.95. The van der Waals surface area contributed by atoms with Crippen molar-refractivity contribution in [2.75, 3.05) is 0 Å². The van der Waals surface area contributed by atoms with Gasteiger partial charge in [0, 0.05) is 11.5 Å². The third-order valence-electron chi connectivity index (χ3n) is 2.02. The van der Waals surface area contributed by atoms with Crippen LogP contribution in [0.3, 0.4) is 0 Å². The van der Waals surface area contributed by atoms with E-state index in [1.165, 1.54) is 12.1 Å². The van der Waals surface area contributed by atoms with Crippen molar-refractivity contribution in [3.8, 4) is 0 Å². The van der Waals surface area contributed by atoms with Crippen LogP contribution in [0.25, 0.3) is 10.1 Å². The first-order valence-electron chi connectivity index (χ1n) is 3.92. The van der Waals surface area contributed by atoms with Gasteiger partial charge in [-0.1, -0.05) is 17.4 Å². The topological polar surface area (TPSA) is 43.1 Å². The molecule has 0 atom stereocenters. The molecular formula is C9H6FNO2S. The van der Waals surface area contributed by atoms with E-state index in [0.29, 0.717) is 10.1 Å². The van der Waals surface area contributed by atoms with E-state index < -0.39 is 10.7 Å². The van der Waals surface area contributed by atoms with Gasteiger partial charge in [-0.15, -0.1) is 0 Å². The second kappa shape index (κ2) is 3.02. The normalized spacial score (nSPS) is 10.7. The SMILES string of the molecule is Cc1ccc(F)c2sc([N+](=O)[O-])cc12. The summed E-state index contributed by atoms with van der Waals surface area (Å²) in [5.41, 5.74) is 0.853. The Kier molecular flexibility index (Phi) is 1.96. The predicted octanol–water partition coefficient (Wildman–Crippen LogP) is 3.26. The molecule has 1 aromatic heterocycles. The smallest absolute Gasteiger partial charge is 0.258 e. The van der Waals surface area contributed by atoms with Gasteiger partial charge in [0.05, 0.1) is 9.62 Å². The minimum absolute atomic E-state index is 0.0202. The first-order chi connectivity index (χ1) is 6.59. The molecule has 0 aliphatic carbocycles. The van der Waals surface area contributed by atoms with Crippen LogP contribution in [0.4, 0.5) is 9.39 Å². The van der Waals surface area contributed by atoms with Crippen molar-refractivity contribution in [3.63, 3.8) is 0 Å². The quantitative estimate of drug-likeness (QED) is 0.536. The van der Waals surface area contributed by atoms with Gasteiger partial charge < -0.3 is 0 Å². The van der Waals surface area contributed by atoms with Gasteiger partial charge in [-0.25, -0.2) is 4.39 Å². The van der Waals surface area contributed by atoms with Crippen molar-refractivity contribution < 1.29 is 9.31 Å². The molecule has 0 saturated heterocycles. The lowest BCUT2D eigenvalue weighted by Crippen LogP contribution is -1.80. The summed E-state index contributed by atoms with van der Waals surface area (Å²) in [5.74, 6) is -0.399. The van der Waals surface area contributed by atoms with Crippen LogP contribution in [0, 0.1) is 22.9 Å². The summed E-state index contributed by atoms with van der Waals surface area (Å²) in [5, 5.41) is 11.1. The van der Waals surface area contributed by atoms with Crippen molar-refractivity contribution in [1.82, 2.24) is 0 Å². The zero-order valence-electron chi connectivity index (χ0n) is 7.28. The van der Waals surface area contributed by atoms with Crippen LogP contribution in [0.2, 0.25) is 0 Å². The Hall–Kier alpha value is -1.49. The van der Waals surface area contributed by atoms with E-state index in [4.69, 9.17) is 0 Å². The molecular weight excluding hydrogens is 205 g/mol. The molecule has 0 fully saturated rings. The summed E-state index contributed by atoms with van der Waals surface area (Å²) < 4.78 is 13.6. The Morgan fingerprint density at radius 1 is 1.50 bits per heavy atom. The fraction of sp³-hybridized carbons (Fsp3) is 0.111. The third kappa shape index (κ3) is 1.26. The van der Waals surface area contributed by atoms with E-state index in [-0.39, 0.29) is 5.00 Å². The number of thiophene rings is 1. The second-order valence-corrected chi connectivity index (χ2v) is 3.98. The predicted molar refractivity (Wildman–Crippen MR) is 53.2 cm³/mol. The first kappa shape index (κ1) is 9.08. The van der Waals surface area contributed by atoms with E-state index in [0.717, 1.165) is 16.9 Å². The van der Waals surface area contributed by atoms with Crippen molar-refractivity contribution in [2.45, 2.75) is 6.92 Å². The van der Waals surface area contributed by atoms with Crippen molar-refractivity contribution in [2.24, 2.45) is 0 Å². The standard InChI is InChI=1S/C9H6FNO2S/c1-5-2-3-7(10)9-6(5)4-8(14-9)11(12)13/h2-4H,1H3. The highest BCUT2D eigenvalue weighted by Gasteiger charge is 2.15. The number of hydrogen-bond acceptors (Lipinski definition) is 3. The van der Waals surface area contributed by atoms with Crippen molar-refractivity contribution in [1.29, 1.82) is 0 Å². The summed E-state index contributed by atoms with van der Waals surface area (Å²) in [6.07, 6.45) is 0.